The van der Waals surface area contributed by atoms with Crippen LogP contribution in [-0.4, -0.2) is 35.5 Å². The summed E-state index contributed by atoms with van der Waals surface area (Å²) in [5.74, 6) is 8.36. The summed E-state index contributed by atoms with van der Waals surface area (Å²) in [6.45, 7) is 3.80. The highest BCUT2D eigenvalue weighted by Crippen LogP contribution is 2.40. The fourth-order valence-corrected chi connectivity index (χ4v) is 2.48. The molecule has 1 amide bonds. The third kappa shape index (κ3) is 2.53. The number of hydrogen-bond donors (Lipinski definition) is 3. The third-order valence-electron chi connectivity index (χ3n) is 3.78. The zero-order chi connectivity index (χ0) is 14.1. The Morgan fingerprint density at radius 2 is 2.20 bits per heavy atom. The maximum Gasteiger partial charge on any atom is 0.239 e. The van der Waals surface area contributed by atoms with Gasteiger partial charge in [0, 0.05) is 24.6 Å². The standard InChI is InChI=1S/C13H20N6O/c1-8-11(18-14)16-12(9-3-4-9)17-13(8)19-6-2-5-15-10(20)7-19/h9H,2-7,14H2,1H3,(H,15,20)(H,16,17,18). The third-order valence-corrected chi connectivity index (χ3v) is 3.78. The van der Waals surface area contributed by atoms with Crippen molar-refractivity contribution < 1.29 is 4.79 Å². The minimum absolute atomic E-state index is 0.0377. The molecule has 1 saturated heterocycles. The van der Waals surface area contributed by atoms with Crippen LogP contribution in [0.4, 0.5) is 11.6 Å². The number of hydrogen-bond acceptors (Lipinski definition) is 6. The van der Waals surface area contributed by atoms with Crippen molar-refractivity contribution in [3.63, 3.8) is 0 Å². The number of hydrazine groups is 1. The fraction of sp³-hybridized carbons (Fsp3) is 0.615. The normalized spacial score (nSPS) is 19.5. The van der Waals surface area contributed by atoms with Crippen molar-refractivity contribution in [1.82, 2.24) is 15.3 Å². The highest BCUT2D eigenvalue weighted by molar-refractivity contribution is 5.82. The molecule has 4 N–H and O–H groups in total. The minimum atomic E-state index is 0.0377. The molecule has 1 aliphatic carbocycles. The first-order valence-electron chi connectivity index (χ1n) is 7.06. The Morgan fingerprint density at radius 1 is 1.40 bits per heavy atom. The summed E-state index contributed by atoms with van der Waals surface area (Å²) in [6, 6.07) is 0. The second-order valence-electron chi connectivity index (χ2n) is 5.42. The average Bonchev–Trinajstić information content (AvgIpc) is 3.26. The summed E-state index contributed by atoms with van der Waals surface area (Å²) in [5.41, 5.74) is 3.54. The summed E-state index contributed by atoms with van der Waals surface area (Å²) >= 11 is 0. The zero-order valence-corrected chi connectivity index (χ0v) is 11.6. The molecule has 2 aliphatic rings. The van der Waals surface area contributed by atoms with E-state index in [-0.39, 0.29) is 5.91 Å². The van der Waals surface area contributed by atoms with Gasteiger partial charge in [-0.15, -0.1) is 0 Å². The lowest BCUT2D eigenvalue weighted by Gasteiger charge is -2.23. The molecule has 7 nitrogen and oxygen atoms in total. The lowest BCUT2D eigenvalue weighted by Crippen LogP contribution is -2.34. The predicted octanol–water partition coefficient (Wildman–Crippen LogP) is 0.274. The van der Waals surface area contributed by atoms with Crippen molar-refractivity contribution in [3.05, 3.63) is 11.4 Å². The van der Waals surface area contributed by atoms with Crippen LogP contribution in [-0.2, 0) is 4.79 Å². The number of aromatic nitrogens is 2. The van der Waals surface area contributed by atoms with Crippen LogP contribution in [0.5, 0.6) is 0 Å². The van der Waals surface area contributed by atoms with Crippen molar-refractivity contribution in [1.29, 1.82) is 0 Å². The van der Waals surface area contributed by atoms with Crippen molar-refractivity contribution in [2.24, 2.45) is 5.84 Å². The number of carbonyl (C=O) groups excluding carboxylic acids is 1. The first-order chi connectivity index (χ1) is 9.69. The molecule has 1 saturated carbocycles. The van der Waals surface area contributed by atoms with Gasteiger partial charge in [0.2, 0.25) is 5.91 Å². The Bertz CT molecular complexity index is 528. The maximum absolute atomic E-state index is 11.7. The highest BCUT2D eigenvalue weighted by atomic mass is 16.2. The van der Waals surface area contributed by atoms with Crippen molar-refractivity contribution in [2.75, 3.05) is 30.0 Å². The summed E-state index contributed by atoms with van der Waals surface area (Å²) in [6.07, 6.45) is 3.18. The monoisotopic (exact) mass is 276 g/mol. The molecule has 7 heteroatoms. The van der Waals surface area contributed by atoms with Gasteiger partial charge < -0.3 is 15.6 Å². The van der Waals surface area contributed by atoms with E-state index in [0.717, 1.165) is 49.6 Å². The zero-order valence-electron chi connectivity index (χ0n) is 11.6. The Morgan fingerprint density at radius 3 is 2.90 bits per heavy atom. The van der Waals surface area contributed by atoms with Crippen LogP contribution in [0.3, 0.4) is 0 Å². The lowest BCUT2D eigenvalue weighted by molar-refractivity contribution is -0.119. The molecule has 0 spiro atoms. The summed E-state index contributed by atoms with van der Waals surface area (Å²) < 4.78 is 0. The van der Waals surface area contributed by atoms with Crippen molar-refractivity contribution in [2.45, 2.75) is 32.1 Å². The number of nitrogen functional groups attached to an aromatic ring is 1. The number of rotatable bonds is 3. The van der Waals surface area contributed by atoms with Gasteiger partial charge >= 0.3 is 0 Å². The highest BCUT2D eigenvalue weighted by Gasteiger charge is 2.29. The number of amides is 1. The minimum Gasteiger partial charge on any atom is -0.354 e. The van der Waals surface area contributed by atoms with E-state index < -0.39 is 0 Å². The van der Waals surface area contributed by atoms with E-state index in [9.17, 15) is 4.79 Å². The van der Waals surface area contributed by atoms with Gasteiger partial charge in [-0.05, 0) is 26.2 Å². The van der Waals surface area contributed by atoms with E-state index in [2.05, 4.69) is 20.7 Å². The molecule has 1 aromatic rings. The topological polar surface area (TPSA) is 96.2 Å². The van der Waals surface area contributed by atoms with Gasteiger partial charge in [0.25, 0.3) is 0 Å². The van der Waals surface area contributed by atoms with E-state index in [0.29, 0.717) is 18.3 Å². The molecule has 3 rings (SSSR count). The number of nitrogens with zero attached hydrogens (tertiary/aromatic N) is 3. The van der Waals surface area contributed by atoms with Crippen LogP contribution in [0.2, 0.25) is 0 Å². The van der Waals surface area contributed by atoms with Gasteiger partial charge in [-0.3, -0.25) is 4.79 Å². The fourth-order valence-electron chi connectivity index (χ4n) is 2.48. The van der Waals surface area contributed by atoms with Crippen LogP contribution in [0.25, 0.3) is 0 Å². The molecule has 108 valence electrons. The summed E-state index contributed by atoms with van der Waals surface area (Å²) in [7, 11) is 0. The summed E-state index contributed by atoms with van der Waals surface area (Å²) in [4.78, 5) is 22.9. The Labute approximate surface area is 117 Å². The van der Waals surface area contributed by atoms with Crippen LogP contribution in [0, 0.1) is 6.92 Å². The Balaban J connectivity index is 1.97. The molecule has 0 unspecified atom stereocenters. The predicted molar refractivity (Wildman–Crippen MR) is 76.4 cm³/mol. The smallest absolute Gasteiger partial charge is 0.239 e. The number of nitrogens with one attached hydrogen (secondary N) is 2. The van der Waals surface area contributed by atoms with E-state index in [1.165, 1.54) is 0 Å². The van der Waals surface area contributed by atoms with Gasteiger partial charge in [-0.2, -0.15) is 0 Å². The Kier molecular flexibility index (Phi) is 3.43. The average molecular weight is 276 g/mol. The van der Waals surface area contributed by atoms with Crippen LogP contribution in [0.15, 0.2) is 0 Å². The number of nitrogens with two attached hydrogens (primary N) is 1. The molecule has 0 radical (unpaired) electrons. The lowest BCUT2D eigenvalue weighted by atomic mass is 10.2. The number of carbonyl (C=O) groups is 1. The number of anilines is 2. The molecule has 2 heterocycles. The SMILES string of the molecule is Cc1c(NN)nc(C2CC2)nc1N1CCCNC(=O)C1. The first kappa shape index (κ1) is 13.1. The Hall–Kier alpha value is -1.89. The second-order valence-corrected chi connectivity index (χ2v) is 5.42. The molecule has 2 fully saturated rings. The van der Waals surface area contributed by atoms with E-state index in [1.807, 2.05) is 11.8 Å². The molecular formula is C13H20N6O. The molecule has 1 aliphatic heterocycles. The van der Waals surface area contributed by atoms with E-state index in [1.54, 1.807) is 0 Å². The van der Waals surface area contributed by atoms with Crippen molar-refractivity contribution in [3.8, 4) is 0 Å². The molecule has 0 aromatic carbocycles. The van der Waals surface area contributed by atoms with Crippen LogP contribution in [0.1, 0.15) is 36.6 Å². The van der Waals surface area contributed by atoms with Crippen molar-refractivity contribution >= 4 is 17.5 Å². The van der Waals surface area contributed by atoms with E-state index >= 15 is 0 Å². The van der Waals surface area contributed by atoms with Gasteiger partial charge in [0.05, 0.1) is 6.54 Å². The molecule has 0 bridgehead atoms. The van der Waals surface area contributed by atoms with E-state index in [4.69, 9.17) is 5.84 Å². The molecular weight excluding hydrogens is 256 g/mol. The van der Waals surface area contributed by atoms with Crippen LogP contribution < -0.4 is 21.5 Å². The summed E-state index contributed by atoms with van der Waals surface area (Å²) in [5, 5.41) is 2.88. The van der Waals surface area contributed by atoms with Gasteiger partial charge in [-0.1, -0.05) is 0 Å². The molecule has 1 aromatic heterocycles. The maximum atomic E-state index is 11.7. The van der Waals surface area contributed by atoms with Gasteiger partial charge in [-0.25, -0.2) is 15.8 Å². The van der Waals surface area contributed by atoms with Gasteiger partial charge in [0.15, 0.2) is 0 Å². The largest absolute Gasteiger partial charge is 0.354 e. The van der Waals surface area contributed by atoms with Gasteiger partial charge in [0.1, 0.15) is 17.5 Å². The first-order valence-corrected chi connectivity index (χ1v) is 7.06. The second kappa shape index (κ2) is 5.24. The van der Waals surface area contributed by atoms with Crippen LogP contribution >= 0.6 is 0 Å². The molecule has 20 heavy (non-hydrogen) atoms. The molecule has 0 atom stereocenters. The quantitative estimate of drug-likeness (QED) is 0.542.